The highest BCUT2D eigenvalue weighted by Crippen LogP contribution is 2.33. The van der Waals surface area contributed by atoms with E-state index in [-0.39, 0.29) is 23.8 Å². The second kappa shape index (κ2) is 10.5. The summed E-state index contributed by atoms with van der Waals surface area (Å²) in [4.78, 5) is 19.0. The number of ether oxygens (including phenoxy) is 1. The van der Waals surface area contributed by atoms with E-state index in [0.29, 0.717) is 11.6 Å². The molecule has 1 heterocycles. The summed E-state index contributed by atoms with van der Waals surface area (Å²) in [5.74, 6) is -0.0363. The number of rotatable bonds is 6. The predicted molar refractivity (Wildman–Crippen MR) is 113 cm³/mol. The molecule has 1 amide bonds. The lowest BCUT2D eigenvalue weighted by atomic mass is 9.80. The van der Waals surface area contributed by atoms with Crippen molar-refractivity contribution >= 4 is 17.6 Å². The first-order valence-electron chi connectivity index (χ1n) is 10.4. The van der Waals surface area contributed by atoms with E-state index in [1.807, 2.05) is 0 Å². The zero-order chi connectivity index (χ0) is 20.5. The van der Waals surface area contributed by atoms with E-state index >= 15 is 0 Å². The van der Waals surface area contributed by atoms with Gasteiger partial charge in [-0.1, -0.05) is 25.3 Å². The predicted octanol–water partition coefficient (Wildman–Crippen LogP) is 1.96. The molecule has 2 fully saturated rings. The van der Waals surface area contributed by atoms with Gasteiger partial charge in [0, 0.05) is 37.9 Å². The maximum absolute atomic E-state index is 13.2. The molecule has 3 N–H and O–H groups in total. The fourth-order valence-electron chi connectivity index (χ4n) is 4.26. The molecule has 3 rings (SSSR count). The number of nitrogens with one attached hydrogen (secondary N) is 3. The molecule has 7 nitrogen and oxygen atoms in total. The van der Waals surface area contributed by atoms with Crippen LogP contribution in [0.2, 0.25) is 0 Å². The molecule has 29 heavy (non-hydrogen) atoms. The van der Waals surface area contributed by atoms with E-state index in [2.05, 4.69) is 25.8 Å². The molecule has 8 heteroatoms. The SMILES string of the molecule is CN=C(NCC(=O)Nc1cccc(F)c1)NCC1(N2CCOCC2)CCCCC1. The minimum Gasteiger partial charge on any atom is -0.379 e. The highest BCUT2D eigenvalue weighted by molar-refractivity contribution is 5.94. The number of morpholine rings is 1. The van der Waals surface area contributed by atoms with Gasteiger partial charge in [0.2, 0.25) is 5.91 Å². The van der Waals surface area contributed by atoms with Gasteiger partial charge in [0.05, 0.1) is 19.8 Å². The Labute approximate surface area is 172 Å². The van der Waals surface area contributed by atoms with Crippen LogP contribution in [0.1, 0.15) is 32.1 Å². The average Bonchev–Trinajstić information content (AvgIpc) is 2.75. The quantitative estimate of drug-likeness (QED) is 0.498. The van der Waals surface area contributed by atoms with Crippen LogP contribution in [0.3, 0.4) is 0 Å². The third-order valence-electron chi connectivity index (χ3n) is 5.80. The molecule has 1 saturated carbocycles. The second-order valence-corrected chi connectivity index (χ2v) is 7.72. The molecule has 0 unspecified atom stereocenters. The number of nitrogens with zero attached hydrogens (tertiary/aromatic N) is 2. The van der Waals surface area contributed by atoms with Crippen molar-refractivity contribution in [3.63, 3.8) is 0 Å². The summed E-state index contributed by atoms with van der Waals surface area (Å²) in [6.45, 7) is 4.34. The Morgan fingerprint density at radius 3 is 2.66 bits per heavy atom. The van der Waals surface area contributed by atoms with E-state index in [1.54, 1.807) is 19.2 Å². The molecule has 2 aliphatic rings. The van der Waals surface area contributed by atoms with Crippen LogP contribution in [0, 0.1) is 5.82 Å². The Balaban J connectivity index is 1.51. The highest BCUT2D eigenvalue weighted by Gasteiger charge is 2.38. The first-order valence-corrected chi connectivity index (χ1v) is 10.4. The van der Waals surface area contributed by atoms with Crippen LogP contribution in [0.4, 0.5) is 10.1 Å². The first-order chi connectivity index (χ1) is 14.1. The van der Waals surface area contributed by atoms with E-state index in [0.717, 1.165) is 45.7 Å². The molecular weight excluding hydrogens is 373 g/mol. The number of halogens is 1. The van der Waals surface area contributed by atoms with Gasteiger partial charge in [0.15, 0.2) is 5.96 Å². The summed E-state index contributed by atoms with van der Waals surface area (Å²) in [6, 6.07) is 5.85. The third-order valence-corrected chi connectivity index (χ3v) is 5.80. The van der Waals surface area contributed by atoms with Crippen LogP contribution in [0.15, 0.2) is 29.3 Å². The van der Waals surface area contributed by atoms with Crippen molar-refractivity contribution in [2.24, 2.45) is 4.99 Å². The fraction of sp³-hybridized carbons (Fsp3) is 0.619. The Morgan fingerprint density at radius 2 is 1.97 bits per heavy atom. The molecule has 1 aliphatic heterocycles. The van der Waals surface area contributed by atoms with Gasteiger partial charge >= 0.3 is 0 Å². The summed E-state index contributed by atoms with van der Waals surface area (Å²) >= 11 is 0. The number of hydrogen-bond acceptors (Lipinski definition) is 4. The van der Waals surface area contributed by atoms with Gasteiger partial charge in [-0.2, -0.15) is 0 Å². The van der Waals surface area contributed by atoms with Crippen molar-refractivity contribution in [1.82, 2.24) is 15.5 Å². The van der Waals surface area contributed by atoms with E-state index in [9.17, 15) is 9.18 Å². The van der Waals surface area contributed by atoms with Crippen LogP contribution in [-0.4, -0.2) is 68.7 Å². The minimum absolute atomic E-state index is 0.0563. The molecule has 0 bridgehead atoms. The molecule has 0 spiro atoms. The number of guanidine groups is 1. The smallest absolute Gasteiger partial charge is 0.243 e. The lowest BCUT2D eigenvalue weighted by Gasteiger charge is -2.48. The number of anilines is 1. The van der Waals surface area contributed by atoms with Gasteiger partial charge in [0.1, 0.15) is 5.82 Å². The van der Waals surface area contributed by atoms with Crippen molar-refractivity contribution in [2.45, 2.75) is 37.6 Å². The van der Waals surface area contributed by atoms with Gasteiger partial charge in [-0.15, -0.1) is 0 Å². The van der Waals surface area contributed by atoms with Gasteiger partial charge in [-0.05, 0) is 31.0 Å². The largest absolute Gasteiger partial charge is 0.379 e. The maximum atomic E-state index is 13.2. The molecule has 1 saturated heterocycles. The monoisotopic (exact) mass is 405 g/mol. The summed E-state index contributed by atoms with van der Waals surface area (Å²) in [5.41, 5.74) is 0.553. The van der Waals surface area contributed by atoms with Crippen molar-refractivity contribution in [2.75, 3.05) is 51.8 Å². The zero-order valence-electron chi connectivity index (χ0n) is 17.2. The maximum Gasteiger partial charge on any atom is 0.243 e. The fourth-order valence-corrected chi connectivity index (χ4v) is 4.26. The number of carbonyl (C=O) groups excluding carboxylic acids is 1. The number of carbonyl (C=O) groups is 1. The molecule has 160 valence electrons. The second-order valence-electron chi connectivity index (χ2n) is 7.72. The molecule has 1 aromatic rings. The highest BCUT2D eigenvalue weighted by atomic mass is 19.1. The molecular formula is C21H32FN5O2. The normalized spacial score (nSPS) is 20.1. The van der Waals surface area contributed by atoms with Crippen LogP contribution < -0.4 is 16.0 Å². The van der Waals surface area contributed by atoms with Crippen LogP contribution >= 0.6 is 0 Å². The molecule has 0 radical (unpaired) electrons. The Kier molecular flexibility index (Phi) is 7.83. The van der Waals surface area contributed by atoms with Crippen LogP contribution in [0.5, 0.6) is 0 Å². The minimum atomic E-state index is -0.380. The first kappa shape index (κ1) is 21.5. The van der Waals surface area contributed by atoms with Crippen molar-refractivity contribution in [1.29, 1.82) is 0 Å². The Morgan fingerprint density at radius 1 is 1.21 bits per heavy atom. The Hall–Kier alpha value is -2.19. The summed E-state index contributed by atoms with van der Waals surface area (Å²) in [5, 5.41) is 9.16. The standard InChI is InChI=1S/C21H32FN5O2/c1-23-20(24-15-19(28)26-18-7-5-6-17(22)14-18)25-16-21(8-3-2-4-9-21)27-10-12-29-13-11-27/h5-7,14H,2-4,8-13,15-16H2,1H3,(H,26,28)(H2,23,24,25). The summed E-state index contributed by atoms with van der Waals surface area (Å²) < 4.78 is 18.8. The molecule has 0 atom stereocenters. The van der Waals surface area contributed by atoms with Gasteiger partial charge in [0.25, 0.3) is 0 Å². The molecule has 1 aromatic carbocycles. The lowest BCUT2D eigenvalue weighted by molar-refractivity contribution is -0.115. The van der Waals surface area contributed by atoms with Gasteiger partial charge < -0.3 is 20.7 Å². The molecule has 0 aromatic heterocycles. The molecule has 1 aliphatic carbocycles. The number of aliphatic imine (C=N–C) groups is 1. The third kappa shape index (κ3) is 6.14. The summed E-state index contributed by atoms with van der Waals surface area (Å²) in [7, 11) is 1.70. The van der Waals surface area contributed by atoms with E-state index in [1.165, 1.54) is 31.4 Å². The van der Waals surface area contributed by atoms with Crippen LogP contribution in [0.25, 0.3) is 0 Å². The van der Waals surface area contributed by atoms with Crippen molar-refractivity contribution in [3.8, 4) is 0 Å². The Bertz CT molecular complexity index is 700. The van der Waals surface area contributed by atoms with E-state index in [4.69, 9.17) is 4.74 Å². The van der Waals surface area contributed by atoms with Gasteiger partial charge in [-0.25, -0.2) is 4.39 Å². The zero-order valence-corrected chi connectivity index (χ0v) is 17.2. The van der Waals surface area contributed by atoms with E-state index < -0.39 is 0 Å². The van der Waals surface area contributed by atoms with Gasteiger partial charge in [-0.3, -0.25) is 14.7 Å². The summed E-state index contributed by atoms with van der Waals surface area (Å²) in [6.07, 6.45) is 6.09. The average molecular weight is 406 g/mol. The number of benzene rings is 1. The lowest BCUT2D eigenvalue weighted by Crippen LogP contribution is -2.60. The van der Waals surface area contributed by atoms with Crippen molar-refractivity contribution in [3.05, 3.63) is 30.1 Å². The van der Waals surface area contributed by atoms with Crippen LogP contribution in [-0.2, 0) is 9.53 Å². The number of hydrogen-bond donors (Lipinski definition) is 3. The number of amides is 1. The van der Waals surface area contributed by atoms with Crippen molar-refractivity contribution < 1.29 is 13.9 Å². The topological polar surface area (TPSA) is 78.0 Å².